The van der Waals surface area contributed by atoms with E-state index in [-0.39, 0.29) is 28.5 Å². The molecule has 9 heteroatoms. The third-order valence-electron chi connectivity index (χ3n) is 2.25. The first-order valence-corrected chi connectivity index (χ1v) is 5.85. The largest absolute Gasteiger partial charge is 0.363 e. The molecule has 19 heavy (non-hydrogen) atoms. The Hall–Kier alpha value is -1.99. The fourth-order valence-corrected chi connectivity index (χ4v) is 1.69. The number of nitro benzene ring substituents is 1. The molecule has 0 aliphatic rings. The molecule has 0 radical (unpaired) electrons. The van der Waals surface area contributed by atoms with E-state index in [1.807, 2.05) is 0 Å². The third kappa shape index (κ3) is 3.27. The Labute approximate surface area is 117 Å². The van der Waals surface area contributed by atoms with Gasteiger partial charge in [0.05, 0.1) is 4.92 Å². The molecule has 1 aromatic carbocycles. The Morgan fingerprint density at radius 1 is 1.26 bits per heavy atom. The summed E-state index contributed by atoms with van der Waals surface area (Å²) in [5.74, 6) is 0.222. The molecule has 0 saturated heterocycles. The topological polar surface area (TPSA) is 93.8 Å². The summed E-state index contributed by atoms with van der Waals surface area (Å²) in [4.78, 5) is 14.2. The van der Waals surface area contributed by atoms with Gasteiger partial charge in [-0.15, -0.1) is 10.2 Å². The van der Waals surface area contributed by atoms with Gasteiger partial charge in [-0.25, -0.2) is 0 Å². The van der Waals surface area contributed by atoms with Crippen molar-refractivity contribution in [1.82, 2.24) is 15.2 Å². The summed E-state index contributed by atoms with van der Waals surface area (Å²) in [6, 6.07) is 6.35. The van der Waals surface area contributed by atoms with E-state index < -0.39 is 4.92 Å². The smallest absolute Gasteiger partial charge is 0.274 e. The molecule has 2 aromatic rings. The van der Waals surface area contributed by atoms with Gasteiger partial charge in [0.25, 0.3) is 5.69 Å². The summed E-state index contributed by atoms with van der Waals surface area (Å²) >= 11 is 11.4. The van der Waals surface area contributed by atoms with Gasteiger partial charge in [-0.2, -0.15) is 4.98 Å². The molecule has 1 heterocycles. The van der Waals surface area contributed by atoms with Gasteiger partial charge in [0.15, 0.2) is 11.0 Å². The number of halogens is 2. The van der Waals surface area contributed by atoms with Crippen LogP contribution in [0, 0.1) is 10.1 Å². The molecule has 0 amide bonds. The number of para-hydroxylation sites is 1. The van der Waals surface area contributed by atoms with E-state index in [1.54, 1.807) is 18.2 Å². The minimum atomic E-state index is -0.455. The van der Waals surface area contributed by atoms with Gasteiger partial charge >= 0.3 is 0 Å². The van der Waals surface area contributed by atoms with Crippen LogP contribution in [-0.4, -0.2) is 20.1 Å². The number of hydrogen-bond acceptors (Lipinski definition) is 6. The van der Waals surface area contributed by atoms with Crippen LogP contribution in [0.2, 0.25) is 10.4 Å². The molecule has 0 unspecified atom stereocenters. The van der Waals surface area contributed by atoms with E-state index in [4.69, 9.17) is 23.2 Å². The maximum atomic E-state index is 10.8. The fraction of sp³-hybridized carbons (Fsp3) is 0.100. The molecule has 1 N–H and O–H groups in total. The average molecular weight is 300 g/mol. The summed E-state index contributed by atoms with van der Waals surface area (Å²) < 4.78 is 0. The van der Waals surface area contributed by atoms with Gasteiger partial charge < -0.3 is 5.32 Å². The van der Waals surface area contributed by atoms with Crippen LogP contribution in [0.15, 0.2) is 24.3 Å². The van der Waals surface area contributed by atoms with Crippen LogP contribution in [-0.2, 0) is 6.54 Å². The number of nitro groups is 1. The Morgan fingerprint density at radius 2 is 2.00 bits per heavy atom. The van der Waals surface area contributed by atoms with Crippen molar-refractivity contribution in [3.63, 3.8) is 0 Å². The second-order valence-electron chi connectivity index (χ2n) is 3.46. The molecule has 0 aliphatic carbocycles. The quantitative estimate of drug-likeness (QED) is 0.689. The van der Waals surface area contributed by atoms with Crippen LogP contribution in [0.3, 0.4) is 0 Å². The molecule has 2 rings (SSSR count). The van der Waals surface area contributed by atoms with E-state index >= 15 is 0 Å². The molecule has 0 atom stereocenters. The highest BCUT2D eigenvalue weighted by molar-refractivity contribution is 6.32. The summed E-state index contributed by atoms with van der Waals surface area (Å²) in [5, 5.41) is 20.7. The lowest BCUT2D eigenvalue weighted by atomic mass is 10.2. The summed E-state index contributed by atoms with van der Waals surface area (Å²) in [6.07, 6.45) is 0. The highest BCUT2D eigenvalue weighted by Gasteiger charge is 2.13. The molecule has 1 aromatic heterocycles. The first-order chi connectivity index (χ1) is 9.08. The van der Waals surface area contributed by atoms with Crippen molar-refractivity contribution in [2.45, 2.75) is 6.54 Å². The van der Waals surface area contributed by atoms with Crippen molar-refractivity contribution in [3.05, 3.63) is 50.4 Å². The van der Waals surface area contributed by atoms with E-state index in [9.17, 15) is 10.1 Å². The zero-order valence-corrected chi connectivity index (χ0v) is 10.9. The number of hydrogen-bond donors (Lipinski definition) is 1. The molecular weight excluding hydrogens is 293 g/mol. The molecule has 98 valence electrons. The molecule has 0 spiro atoms. The second-order valence-corrected chi connectivity index (χ2v) is 4.16. The number of nitrogens with zero attached hydrogens (tertiary/aromatic N) is 4. The molecule has 7 nitrogen and oxygen atoms in total. The fourth-order valence-electron chi connectivity index (χ4n) is 1.42. The van der Waals surface area contributed by atoms with Crippen LogP contribution in [0.1, 0.15) is 5.56 Å². The highest BCUT2D eigenvalue weighted by Crippen LogP contribution is 2.21. The molecule has 0 fully saturated rings. The normalized spacial score (nSPS) is 10.2. The molecule has 0 saturated carbocycles. The Kier molecular flexibility index (Phi) is 4.08. The lowest BCUT2D eigenvalue weighted by molar-refractivity contribution is -0.385. The maximum absolute atomic E-state index is 10.8. The Morgan fingerprint density at radius 3 is 2.74 bits per heavy atom. The van der Waals surface area contributed by atoms with Gasteiger partial charge in [0.2, 0.25) is 5.28 Å². The van der Waals surface area contributed by atoms with Crippen LogP contribution < -0.4 is 5.32 Å². The molecular formula is C10H7Cl2N5O2. The van der Waals surface area contributed by atoms with Gasteiger partial charge in [0, 0.05) is 18.2 Å². The molecule has 0 aliphatic heterocycles. The van der Waals surface area contributed by atoms with Crippen LogP contribution in [0.5, 0.6) is 0 Å². The van der Waals surface area contributed by atoms with Crippen LogP contribution >= 0.6 is 23.2 Å². The zero-order valence-electron chi connectivity index (χ0n) is 9.38. The van der Waals surface area contributed by atoms with Gasteiger partial charge in [-0.1, -0.05) is 29.8 Å². The maximum Gasteiger partial charge on any atom is 0.274 e. The van der Waals surface area contributed by atoms with E-state index in [1.165, 1.54) is 6.07 Å². The van der Waals surface area contributed by atoms with Crippen molar-refractivity contribution in [2.75, 3.05) is 5.32 Å². The van der Waals surface area contributed by atoms with Crippen molar-refractivity contribution in [2.24, 2.45) is 0 Å². The monoisotopic (exact) mass is 299 g/mol. The number of benzene rings is 1. The lowest BCUT2D eigenvalue weighted by Crippen LogP contribution is -2.06. The van der Waals surface area contributed by atoms with E-state index in [0.29, 0.717) is 5.56 Å². The Bertz CT molecular complexity index is 623. The SMILES string of the molecule is O=[N+]([O-])c1ccccc1CNc1nc(Cl)nnc1Cl. The predicted octanol–water partition coefficient (Wildman–Crippen LogP) is 2.70. The van der Waals surface area contributed by atoms with Gasteiger partial charge in [-0.3, -0.25) is 10.1 Å². The summed E-state index contributed by atoms with van der Waals surface area (Å²) in [6.45, 7) is 0.173. The highest BCUT2D eigenvalue weighted by atomic mass is 35.5. The van der Waals surface area contributed by atoms with Gasteiger partial charge in [0.1, 0.15) is 0 Å². The number of aromatic nitrogens is 3. The van der Waals surface area contributed by atoms with E-state index in [0.717, 1.165) is 0 Å². The first kappa shape index (κ1) is 13.4. The standard InChI is InChI=1S/C10H7Cl2N5O2/c11-8-9(14-10(12)16-15-8)13-5-6-3-1-2-4-7(6)17(18)19/h1-4H,5H2,(H,13,14,16). The average Bonchev–Trinajstić information content (AvgIpc) is 2.40. The van der Waals surface area contributed by atoms with E-state index in [2.05, 4.69) is 20.5 Å². The lowest BCUT2D eigenvalue weighted by Gasteiger charge is -2.06. The summed E-state index contributed by atoms with van der Waals surface area (Å²) in [5.41, 5.74) is 0.512. The predicted molar refractivity (Wildman–Crippen MR) is 70.3 cm³/mol. The van der Waals surface area contributed by atoms with Crippen molar-refractivity contribution in [1.29, 1.82) is 0 Å². The zero-order chi connectivity index (χ0) is 13.8. The summed E-state index contributed by atoms with van der Waals surface area (Å²) in [7, 11) is 0. The van der Waals surface area contributed by atoms with Crippen molar-refractivity contribution >= 4 is 34.7 Å². The van der Waals surface area contributed by atoms with Crippen LogP contribution in [0.4, 0.5) is 11.5 Å². The molecule has 0 bridgehead atoms. The Balaban J connectivity index is 2.19. The third-order valence-corrected chi connectivity index (χ3v) is 2.67. The number of anilines is 1. The minimum Gasteiger partial charge on any atom is -0.363 e. The minimum absolute atomic E-state index is 0.0132. The number of nitrogens with one attached hydrogen (secondary N) is 1. The van der Waals surface area contributed by atoms with Crippen molar-refractivity contribution < 1.29 is 4.92 Å². The number of rotatable bonds is 4. The van der Waals surface area contributed by atoms with Crippen molar-refractivity contribution in [3.8, 4) is 0 Å². The first-order valence-electron chi connectivity index (χ1n) is 5.10. The van der Waals surface area contributed by atoms with Gasteiger partial charge in [-0.05, 0) is 11.6 Å². The second kappa shape index (κ2) is 5.77. The van der Waals surface area contributed by atoms with Crippen LogP contribution in [0.25, 0.3) is 0 Å².